The van der Waals surface area contributed by atoms with Crippen molar-refractivity contribution < 1.29 is 4.79 Å². The maximum absolute atomic E-state index is 11.7. The van der Waals surface area contributed by atoms with Crippen LogP contribution in [0.3, 0.4) is 0 Å². The number of aromatic nitrogens is 2. The van der Waals surface area contributed by atoms with Gasteiger partial charge in [0.05, 0.1) is 6.20 Å². The second kappa shape index (κ2) is 6.18. The fourth-order valence-electron chi connectivity index (χ4n) is 1.80. The maximum atomic E-state index is 11.7. The van der Waals surface area contributed by atoms with Gasteiger partial charge in [-0.05, 0) is 25.0 Å². The van der Waals surface area contributed by atoms with Crippen LogP contribution in [0.2, 0.25) is 0 Å². The quantitative estimate of drug-likeness (QED) is 0.892. The van der Waals surface area contributed by atoms with E-state index in [1.807, 2.05) is 37.4 Å². The van der Waals surface area contributed by atoms with Crippen molar-refractivity contribution >= 4 is 5.91 Å². The molecule has 100 valence electrons. The normalized spacial score (nSPS) is 10.4. The number of amides is 1. The van der Waals surface area contributed by atoms with Crippen LogP contribution in [-0.4, -0.2) is 15.7 Å². The number of benzene rings is 1. The summed E-state index contributed by atoms with van der Waals surface area (Å²) in [6, 6.07) is 8.17. The van der Waals surface area contributed by atoms with Gasteiger partial charge in [-0.15, -0.1) is 0 Å². The van der Waals surface area contributed by atoms with Gasteiger partial charge in [-0.2, -0.15) is 5.10 Å². The Morgan fingerprint density at radius 2 is 1.95 bits per heavy atom. The standard InChI is InChI=1S/C15H19N3O/c1-12-3-5-14(6-4-12)10-16-15(19)7-8-18-11-13(2)9-17-18/h3-6,9,11H,7-8,10H2,1-2H3,(H,16,19). The average Bonchev–Trinajstić information content (AvgIpc) is 2.81. The molecule has 0 aliphatic heterocycles. The van der Waals surface area contributed by atoms with Crippen LogP contribution in [0.4, 0.5) is 0 Å². The lowest BCUT2D eigenvalue weighted by Crippen LogP contribution is -2.24. The van der Waals surface area contributed by atoms with E-state index in [9.17, 15) is 4.79 Å². The van der Waals surface area contributed by atoms with Crippen LogP contribution in [0.25, 0.3) is 0 Å². The number of nitrogens with zero attached hydrogens (tertiary/aromatic N) is 2. The first-order valence-electron chi connectivity index (χ1n) is 6.45. The molecule has 2 rings (SSSR count). The van der Waals surface area contributed by atoms with E-state index in [0.717, 1.165) is 11.1 Å². The molecule has 1 N–H and O–H groups in total. The van der Waals surface area contributed by atoms with Crippen molar-refractivity contribution in [3.63, 3.8) is 0 Å². The predicted octanol–water partition coefficient (Wildman–Crippen LogP) is 2.21. The molecule has 0 saturated heterocycles. The average molecular weight is 257 g/mol. The molecule has 1 aromatic heterocycles. The zero-order chi connectivity index (χ0) is 13.7. The summed E-state index contributed by atoms with van der Waals surface area (Å²) in [5, 5.41) is 7.07. The Bertz CT molecular complexity index is 543. The van der Waals surface area contributed by atoms with Crippen LogP contribution in [0.15, 0.2) is 36.7 Å². The molecule has 4 heteroatoms. The van der Waals surface area contributed by atoms with Gasteiger partial charge in [0.2, 0.25) is 5.91 Å². The van der Waals surface area contributed by atoms with E-state index >= 15 is 0 Å². The molecule has 19 heavy (non-hydrogen) atoms. The van der Waals surface area contributed by atoms with Crippen LogP contribution < -0.4 is 5.32 Å². The summed E-state index contributed by atoms with van der Waals surface area (Å²) in [7, 11) is 0. The number of aryl methyl sites for hydroxylation is 3. The molecular formula is C15H19N3O. The molecule has 0 aliphatic rings. The summed E-state index contributed by atoms with van der Waals surface area (Å²) in [4.78, 5) is 11.7. The molecule has 0 saturated carbocycles. The van der Waals surface area contributed by atoms with Crippen molar-refractivity contribution in [3.8, 4) is 0 Å². The minimum atomic E-state index is 0.0497. The van der Waals surface area contributed by atoms with Crippen LogP contribution in [0.5, 0.6) is 0 Å². The summed E-state index contributed by atoms with van der Waals surface area (Å²) in [6.45, 7) is 5.24. The first-order valence-corrected chi connectivity index (χ1v) is 6.45. The number of hydrogen-bond donors (Lipinski definition) is 1. The van der Waals surface area contributed by atoms with Crippen LogP contribution in [0.1, 0.15) is 23.1 Å². The van der Waals surface area contributed by atoms with Gasteiger partial charge in [-0.25, -0.2) is 0 Å². The zero-order valence-electron chi connectivity index (χ0n) is 11.4. The topological polar surface area (TPSA) is 46.9 Å². The second-order valence-corrected chi connectivity index (χ2v) is 4.79. The lowest BCUT2D eigenvalue weighted by molar-refractivity contribution is -0.121. The third-order valence-electron chi connectivity index (χ3n) is 2.94. The summed E-state index contributed by atoms with van der Waals surface area (Å²) >= 11 is 0. The van der Waals surface area contributed by atoms with E-state index < -0.39 is 0 Å². The van der Waals surface area contributed by atoms with Gasteiger partial charge in [0.1, 0.15) is 0 Å². The number of carbonyl (C=O) groups excluding carboxylic acids is 1. The van der Waals surface area contributed by atoms with E-state index in [4.69, 9.17) is 0 Å². The SMILES string of the molecule is Cc1ccc(CNC(=O)CCn2cc(C)cn2)cc1. The van der Waals surface area contributed by atoms with Gasteiger partial charge in [-0.3, -0.25) is 9.48 Å². The lowest BCUT2D eigenvalue weighted by atomic mass is 10.1. The summed E-state index contributed by atoms with van der Waals surface area (Å²) in [5.74, 6) is 0.0497. The van der Waals surface area contributed by atoms with Gasteiger partial charge in [-0.1, -0.05) is 29.8 Å². The Balaban J connectivity index is 1.74. The molecule has 0 aliphatic carbocycles. The molecular weight excluding hydrogens is 238 g/mol. The van der Waals surface area contributed by atoms with E-state index in [1.165, 1.54) is 5.56 Å². The largest absolute Gasteiger partial charge is 0.352 e. The number of nitrogens with one attached hydrogen (secondary N) is 1. The minimum absolute atomic E-state index is 0.0497. The highest BCUT2D eigenvalue weighted by molar-refractivity contribution is 5.75. The van der Waals surface area contributed by atoms with E-state index in [1.54, 1.807) is 10.9 Å². The lowest BCUT2D eigenvalue weighted by Gasteiger charge is -2.06. The predicted molar refractivity (Wildman–Crippen MR) is 74.6 cm³/mol. The Hall–Kier alpha value is -2.10. The minimum Gasteiger partial charge on any atom is -0.352 e. The second-order valence-electron chi connectivity index (χ2n) is 4.79. The van der Waals surface area contributed by atoms with Gasteiger partial charge in [0, 0.05) is 25.7 Å². The highest BCUT2D eigenvalue weighted by Crippen LogP contribution is 2.02. The van der Waals surface area contributed by atoms with Crippen molar-refractivity contribution in [2.45, 2.75) is 33.4 Å². The molecule has 4 nitrogen and oxygen atoms in total. The Labute approximate surface area is 113 Å². The van der Waals surface area contributed by atoms with Crippen molar-refractivity contribution in [1.29, 1.82) is 0 Å². The van der Waals surface area contributed by atoms with Gasteiger partial charge in [0.25, 0.3) is 0 Å². The molecule has 0 radical (unpaired) electrons. The number of carbonyl (C=O) groups is 1. The fourth-order valence-corrected chi connectivity index (χ4v) is 1.80. The molecule has 1 amide bonds. The highest BCUT2D eigenvalue weighted by Gasteiger charge is 2.02. The summed E-state index contributed by atoms with van der Waals surface area (Å²) < 4.78 is 1.79. The van der Waals surface area contributed by atoms with E-state index in [-0.39, 0.29) is 5.91 Å². The van der Waals surface area contributed by atoms with E-state index in [2.05, 4.69) is 17.3 Å². The Kier molecular flexibility index (Phi) is 4.34. The molecule has 0 atom stereocenters. The molecule has 0 spiro atoms. The monoisotopic (exact) mass is 257 g/mol. The van der Waals surface area contributed by atoms with Gasteiger partial charge < -0.3 is 5.32 Å². The van der Waals surface area contributed by atoms with Crippen LogP contribution in [-0.2, 0) is 17.9 Å². The molecule has 1 aromatic carbocycles. The highest BCUT2D eigenvalue weighted by atomic mass is 16.1. The van der Waals surface area contributed by atoms with Crippen molar-refractivity contribution in [2.75, 3.05) is 0 Å². The third kappa shape index (κ3) is 4.25. The molecule has 0 fully saturated rings. The zero-order valence-corrected chi connectivity index (χ0v) is 11.4. The first kappa shape index (κ1) is 13.3. The molecule has 0 unspecified atom stereocenters. The molecule has 0 bridgehead atoms. The maximum Gasteiger partial charge on any atom is 0.222 e. The van der Waals surface area contributed by atoms with Gasteiger partial charge in [0.15, 0.2) is 0 Å². The van der Waals surface area contributed by atoms with Crippen LogP contribution >= 0.6 is 0 Å². The number of hydrogen-bond acceptors (Lipinski definition) is 2. The van der Waals surface area contributed by atoms with Crippen molar-refractivity contribution in [2.24, 2.45) is 0 Å². The first-order chi connectivity index (χ1) is 9.13. The van der Waals surface area contributed by atoms with E-state index in [0.29, 0.717) is 19.5 Å². The van der Waals surface area contributed by atoms with Crippen molar-refractivity contribution in [1.82, 2.24) is 15.1 Å². The Morgan fingerprint density at radius 3 is 2.58 bits per heavy atom. The summed E-state index contributed by atoms with van der Waals surface area (Å²) in [6.07, 6.45) is 4.18. The summed E-state index contributed by atoms with van der Waals surface area (Å²) in [5.41, 5.74) is 3.46. The van der Waals surface area contributed by atoms with Gasteiger partial charge >= 0.3 is 0 Å². The van der Waals surface area contributed by atoms with Crippen LogP contribution in [0, 0.1) is 13.8 Å². The fraction of sp³-hybridized carbons (Fsp3) is 0.333. The Morgan fingerprint density at radius 1 is 1.21 bits per heavy atom. The molecule has 2 aromatic rings. The smallest absolute Gasteiger partial charge is 0.222 e. The third-order valence-corrected chi connectivity index (χ3v) is 2.94. The van der Waals surface area contributed by atoms with Crippen molar-refractivity contribution in [3.05, 3.63) is 53.3 Å². The number of rotatable bonds is 5. The molecule has 1 heterocycles.